The summed E-state index contributed by atoms with van der Waals surface area (Å²) in [5, 5.41) is 6.45. The van der Waals surface area contributed by atoms with Gasteiger partial charge >= 0.3 is 0 Å². The minimum atomic E-state index is -3.18. The van der Waals surface area contributed by atoms with Gasteiger partial charge in [0.25, 0.3) is 5.91 Å². The largest absolute Gasteiger partial charge is 0.361 e. The van der Waals surface area contributed by atoms with E-state index in [1.54, 1.807) is 20.8 Å². The lowest BCUT2D eigenvalue weighted by molar-refractivity contribution is 0.0950. The van der Waals surface area contributed by atoms with Crippen LogP contribution in [0.5, 0.6) is 0 Å². The maximum Gasteiger partial charge on any atom is 0.256 e. The van der Waals surface area contributed by atoms with Crippen molar-refractivity contribution in [3.05, 3.63) is 17.0 Å². The van der Waals surface area contributed by atoms with Crippen LogP contribution in [0.15, 0.2) is 4.52 Å². The fourth-order valence-electron chi connectivity index (χ4n) is 1.91. The van der Waals surface area contributed by atoms with E-state index >= 15 is 0 Å². The van der Waals surface area contributed by atoms with Gasteiger partial charge < -0.3 is 9.84 Å². The average molecular weight is 303 g/mol. The minimum Gasteiger partial charge on any atom is -0.361 e. The predicted octanol–water partition coefficient (Wildman–Crippen LogP) is 0.693. The summed E-state index contributed by atoms with van der Waals surface area (Å²) >= 11 is 0. The molecular formula is C12H21N3O4S. The topological polar surface area (TPSA) is 92.5 Å². The van der Waals surface area contributed by atoms with Gasteiger partial charge in [-0.15, -0.1) is 0 Å². The standard InChI is InChI=1S/C12H21N3O4S/c1-5-15(20(4,17)18)8-6-7-13-12(16)11-9(2)14-19-10(11)3/h5-8H2,1-4H3,(H,13,16). The maximum absolute atomic E-state index is 11.9. The van der Waals surface area contributed by atoms with Gasteiger partial charge in [0.15, 0.2) is 0 Å². The summed E-state index contributed by atoms with van der Waals surface area (Å²) in [7, 11) is -3.18. The fourth-order valence-corrected chi connectivity index (χ4v) is 2.84. The second-order valence-corrected chi connectivity index (χ2v) is 6.55. The second kappa shape index (κ2) is 6.85. The van der Waals surface area contributed by atoms with Crippen LogP contribution < -0.4 is 5.32 Å². The molecule has 0 saturated heterocycles. The van der Waals surface area contributed by atoms with E-state index in [0.29, 0.717) is 43.1 Å². The Morgan fingerprint density at radius 3 is 2.50 bits per heavy atom. The van der Waals surface area contributed by atoms with Crippen LogP contribution in [0, 0.1) is 13.8 Å². The highest BCUT2D eigenvalue weighted by atomic mass is 32.2. The lowest BCUT2D eigenvalue weighted by atomic mass is 10.2. The first-order valence-electron chi connectivity index (χ1n) is 6.43. The molecule has 0 aliphatic heterocycles. The molecule has 1 amide bonds. The Labute approximate surface area is 119 Å². The van der Waals surface area contributed by atoms with Crippen LogP contribution in [0.2, 0.25) is 0 Å². The zero-order valence-corrected chi connectivity index (χ0v) is 13.1. The van der Waals surface area contributed by atoms with Crippen molar-refractivity contribution in [1.82, 2.24) is 14.8 Å². The Hall–Kier alpha value is -1.41. The monoisotopic (exact) mass is 303 g/mol. The number of aryl methyl sites for hydroxylation is 2. The van der Waals surface area contributed by atoms with E-state index in [9.17, 15) is 13.2 Å². The molecule has 1 aromatic heterocycles. The van der Waals surface area contributed by atoms with Crippen LogP contribution in [-0.4, -0.2) is 49.7 Å². The molecule has 0 atom stereocenters. The van der Waals surface area contributed by atoms with Gasteiger partial charge in [0.05, 0.1) is 11.9 Å². The molecule has 1 aromatic rings. The molecule has 0 saturated carbocycles. The van der Waals surface area contributed by atoms with E-state index in [4.69, 9.17) is 4.52 Å². The number of carbonyl (C=O) groups excluding carboxylic acids is 1. The zero-order valence-electron chi connectivity index (χ0n) is 12.3. The molecule has 0 aromatic carbocycles. The third-order valence-corrected chi connectivity index (χ3v) is 4.33. The molecule has 0 aliphatic rings. The molecular weight excluding hydrogens is 282 g/mol. The van der Waals surface area contributed by atoms with Crippen molar-refractivity contribution < 1.29 is 17.7 Å². The number of nitrogens with one attached hydrogen (secondary N) is 1. The molecule has 0 fully saturated rings. The second-order valence-electron chi connectivity index (χ2n) is 4.56. The Bertz CT molecular complexity index is 546. The number of rotatable bonds is 7. The third kappa shape index (κ3) is 4.31. The van der Waals surface area contributed by atoms with Crippen molar-refractivity contribution in [3.8, 4) is 0 Å². The van der Waals surface area contributed by atoms with Crippen molar-refractivity contribution in [2.75, 3.05) is 25.9 Å². The van der Waals surface area contributed by atoms with Gasteiger partial charge in [-0.3, -0.25) is 4.79 Å². The zero-order chi connectivity index (χ0) is 15.3. The summed E-state index contributed by atoms with van der Waals surface area (Å²) in [5.41, 5.74) is 0.992. The van der Waals surface area contributed by atoms with E-state index in [2.05, 4.69) is 10.5 Å². The number of hydrogen-bond acceptors (Lipinski definition) is 5. The summed E-state index contributed by atoms with van der Waals surface area (Å²) in [6.07, 6.45) is 1.73. The maximum atomic E-state index is 11.9. The van der Waals surface area contributed by atoms with Crippen molar-refractivity contribution in [2.45, 2.75) is 27.2 Å². The fraction of sp³-hybridized carbons (Fsp3) is 0.667. The highest BCUT2D eigenvalue weighted by Gasteiger charge is 2.17. The molecule has 114 valence electrons. The highest BCUT2D eigenvalue weighted by molar-refractivity contribution is 7.88. The van der Waals surface area contributed by atoms with Gasteiger partial charge in [-0.05, 0) is 20.3 Å². The molecule has 7 nitrogen and oxygen atoms in total. The summed E-state index contributed by atoms with van der Waals surface area (Å²) in [4.78, 5) is 11.9. The molecule has 1 rings (SSSR count). The average Bonchev–Trinajstić information content (AvgIpc) is 2.67. The minimum absolute atomic E-state index is 0.247. The summed E-state index contributed by atoms with van der Waals surface area (Å²) in [6.45, 7) is 6.37. The first kappa shape index (κ1) is 16.6. The van der Waals surface area contributed by atoms with Crippen LogP contribution in [-0.2, 0) is 10.0 Å². The van der Waals surface area contributed by atoms with E-state index in [1.165, 1.54) is 10.6 Å². The Kier molecular flexibility index (Phi) is 5.70. The number of hydrogen-bond donors (Lipinski definition) is 1. The molecule has 1 N–H and O–H groups in total. The number of aromatic nitrogens is 1. The Morgan fingerprint density at radius 2 is 2.05 bits per heavy atom. The quantitative estimate of drug-likeness (QED) is 0.748. The van der Waals surface area contributed by atoms with Crippen molar-refractivity contribution in [1.29, 1.82) is 0 Å². The van der Waals surface area contributed by atoms with Gasteiger partial charge in [-0.25, -0.2) is 12.7 Å². The van der Waals surface area contributed by atoms with E-state index in [-0.39, 0.29) is 5.91 Å². The van der Waals surface area contributed by atoms with Crippen molar-refractivity contribution in [3.63, 3.8) is 0 Å². The first-order chi connectivity index (χ1) is 9.27. The molecule has 0 aliphatic carbocycles. The normalized spacial score (nSPS) is 11.8. The van der Waals surface area contributed by atoms with Crippen LogP contribution in [0.25, 0.3) is 0 Å². The van der Waals surface area contributed by atoms with Gasteiger partial charge in [-0.2, -0.15) is 0 Å². The van der Waals surface area contributed by atoms with Gasteiger partial charge in [-0.1, -0.05) is 12.1 Å². The Balaban J connectivity index is 2.44. The SMILES string of the molecule is CCN(CCCNC(=O)c1c(C)noc1C)S(C)(=O)=O. The van der Waals surface area contributed by atoms with E-state index < -0.39 is 10.0 Å². The molecule has 0 radical (unpaired) electrons. The third-order valence-electron chi connectivity index (χ3n) is 2.95. The summed E-state index contributed by atoms with van der Waals surface area (Å²) in [6, 6.07) is 0. The molecule has 0 spiro atoms. The number of carbonyl (C=O) groups is 1. The van der Waals surface area contributed by atoms with E-state index in [1.807, 2.05) is 0 Å². The molecule has 0 bridgehead atoms. The van der Waals surface area contributed by atoms with Crippen LogP contribution in [0.1, 0.15) is 35.2 Å². The highest BCUT2D eigenvalue weighted by Crippen LogP contribution is 2.11. The lowest BCUT2D eigenvalue weighted by Crippen LogP contribution is -2.33. The predicted molar refractivity (Wildman–Crippen MR) is 75.0 cm³/mol. The molecule has 8 heteroatoms. The van der Waals surface area contributed by atoms with Crippen LogP contribution in [0.3, 0.4) is 0 Å². The number of amides is 1. The first-order valence-corrected chi connectivity index (χ1v) is 8.28. The van der Waals surface area contributed by atoms with Crippen LogP contribution in [0.4, 0.5) is 0 Å². The smallest absolute Gasteiger partial charge is 0.256 e. The number of nitrogens with zero attached hydrogens (tertiary/aromatic N) is 2. The molecule has 0 unspecified atom stereocenters. The van der Waals surface area contributed by atoms with Crippen LogP contribution >= 0.6 is 0 Å². The Morgan fingerprint density at radius 1 is 1.40 bits per heavy atom. The van der Waals surface area contributed by atoms with Crippen molar-refractivity contribution in [2.24, 2.45) is 0 Å². The summed E-state index contributed by atoms with van der Waals surface area (Å²) in [5.74, 6) is 0.231. The molecule has 1 heterocycles. The molecule has 20 heavy (non-hydrogen) atoms. The van der Waals surface area contributed by atoms with Crippen molar-refractivity contribution >= 4 is 15.9 Å². The van der Waals surface area contributed by atoms with Gasteiger partial charge in [0.2, 0.25) is 10.0 Å². The number of sulfonamides is 1. The van der Waals surface area contributed by atoms with Gasteiger partial charge in [0.1, 0.15) is 11.3 Å². The van der Waals surface area contributed by atoms with Gasteiger partial charge in [0, 0.05) is 19.6 Å². The van der Waals surface area contributed by atoms with E-state index in [0.717, 1.165) is 0 Å². The lowest BCUT2D eigenvalue weighted by Gasteiger charge is -2.17. The summed E-state index contributed by atoms with van der Waals surface area (Å²) < 4.78 is 29.1.